The summed E-state index contributed by atoms with van der Waals surface area (Å²) in [5.41, 5.74) is 0.467. The lowest BCUT2D eigenvalue weighted by molar-refractivity contribution is 0.205. The highest BCUT2D eigenvalue weighted by molar-refractivity contribution is 7.98. The van der Waals surface area contributed by atoms with Crippen LogP contribution in [0.4, 0.5) is 5.82 Å². The maximum Gasteiger partial charge on any atom is 0.316 e. The first-order valence-corrected chi connectivity index (χ1v) is 8.54. The molecule has 2 aromatic heterocycles. The third kappa shape index (κ3) is 3.49. The summed E-state index contributed by atoms with van der Waals surface area (Å²) in [7, 11) is 1.56. The highest BCUT2D eigenvalue weighted by atomic mass is 32.2. The lowest BCUT2D eigenvalue weighted by Crippen LogP contribution is -2.26. The summed E-state index contributed by atoms with van der Waals surface area (Å²) in [6.45, 7) is 1.37. The molecule has 9 heteroatoms. The molecule has 1 aliphatic rings. The summed E-state index contributed by atoms with van der Waals surface area (Å²) in [6.07, 6.45) is 7.35. The van der Waals surface area contributed by atoms with Crippen molar-refractivity contribution in [3.63, 3.8) is 0 Å². The highest BCUT2D eigenvalue weighted by Gasteiger charge is 2.27. The number of ether oxygens (including phenoxy) is 2. The third-order valence-electron chi connectivity index (χ3n) is 3.61. The van der Waals surface area contributed by atoms with E-state index in [-0.39, 0.29) is 6.10 Å². The van der Waals surface area contributed by atoms with Crippen molar-refractivity contribution in [3.8, 4) is 17.8 Å². The zero-order valence-electron chi connectivity index (χ0n) is 13.3. The molecule has 1 saturated heterocycles. The Morgan fingerprint density at radius 3 is 2.75 bits per heavy atom. The average molecular weight is 344 g/mol. The topological polar surface area (TPSA) is 97.0 Å². The van der Waals surface area contributed by atoms with E-state index in [1.807, 2.05) is 11.2 Å². The van der Waals surface area contributed by atoms with Gasteiger partial charge in [-0.1, -0.05) is 11.8 Å². The maximum absolute atomic E-state index is 9.27. The number of thioether (sulfide) groups is 1. The average Bonchev–Trinajstić information content (AvgIpc) is 3.10. The van der Waals surface area contributed by atoms with Gasteiger partial charge in [-0.05, 0) is 6.26 Å². The minimum absolute atomic E-state index is 0.0577. The number of aromatic nitrogens is 4. The fourth-order valence-corrected chi connectivity index (χ4v) is 2.75. The highest BCUT2D eigenvalue weighted by Crippen LogP contribution is 2.25. The molecule has 1 fully saturated rings. The molecule has 24 heavy (non-hydrogen) atoms. The van der Waals surface area contributed by atoms with Crippen molar-refractivity contribution in [2.75, 3.05) is 31.4 Å². The molecular formula is C15H16N6O2S. The van der Waals surface area contributed by atoms with E-state index in [1.54, 1.807) is 25.7 Å². The molecular weight excluding hydrogens is 328 g/mol. The molecule has 3 rings (SSSR count). The van der Waals surface area contributed by atoms with Crippen molar-refractivity contribution >= 4 is 17.6 Å². The molecule has 0 aliphatic carbocycles. The van der Waals surface area contributed by atoms with Crippen LogP contribution in [0.5, 0.6) is 11.8 Å². The molecule has 0 N–H and O–H groups in total. The Morgan fingerprint density at radius 1 is 1.29 bits per heavy atom. The van der Waals surface area contributed by atoms with Gasteiger partial charge in [-0.2, -0.15) is 15.2 Å². The van der Waals surface area contributed by atoms with Crippen LogP contribution in [0, 0.1) is 11.3 Å². The predicted molar refractivity (Wildman–Crippen MR) is 88.4 cm³/mol. The van der Waals surface area contributed by atoms with E-state index in [2.05, 4.69) is 26.0 Å². The molecule has 1 unspecified atom stereocenters. The molecule has 1 atom stereocenters. The third-order valence-corrected chi connectivity index (χ3v) is 4.17. The van der Waals surface area contributed by atoms with Crippen LogP contribution in [0.3, 0.4) is 0 Å². The molecule has 124 valence electrons. The fraction of sp³-hybridized carbons (Fsp3) is 0.400. The van der Waals surface area contributed by atoms with E-state index in [4.69, 9.17) is 9.47 Å². The van der Waals surface area contributed by atoms with E-state index in [0.29, 0.717) is 34.8 Å². The van der Waals surface area contributed by atoms with Gasteiger partial charge in [0, 0.05) is 13.0 Å². The van der Waals surface area contributed by atoms with Crippen LogP contribution in [-0.4, -0.2) is 52.5 Å². The van der Waals surface area contributed by atoms with Crippen molar-refractivity contribution in [1.82, 2.24) is 19.9 Å². The summed E-state index contributed by atoms with van der Waals surface area (Å²) in [5, 5.41) is 9.91. The van der Waals surface area contributed by atoms with Gasteiger partial charge in [-0.25, -0.2) is 9.97 Å². The lowest BCUT2D eigenvalue weighted by Gasteiger charge is -2.18. The summed E-state index contributed by atoms with van der Waals surface area (Å²) < 4.78 is 10.8. The van der Waals surface area contributed by atoms with Crippen LogP contribution in [0.25, 0.3) is 0 Å². The summed E-state index contributed by atoms with van der Waals surface area (Å²) in [4.78, 5) is 18.9. The molecule has 0 saturated carbocycles. The Bertz CT molecular complexity index is 749. The number of nitriles is 1. The zero-order chi connectivity index (χ0) is 16.9. The van der Waals surface area contributed by atoms with E-state index >= 15 is 0 Å². The van der Waals surface area contributed by atoms with Crippen LogP contribution in [0.1, 0.15) is 12.0 Å². The van der Waals surface area contributed by atoms with E-state index in [0.717, 1.165) is 13.0 Å². The second-order valence-corrected chi connectivity index (χ2v) is 5.86. The zero-order valence-corrected chi connectivity index (χ0v) is 14.2. The van der Waals surface area contributed by atoms with Gasteiger partial charge in [0.1, 0.15) is 17.7 Å². The lowest BCUT2D eigenvalue weighted by atomic mass is 10.3. The van der Waals surface area contributed by atoms with Crippen LogP contribution >= 0.6 is 11.8 Å². The smallest absolute Gasteiger partial charge is 0.316 e. The SMILES string of the molecule is COc1cnc(OC2CCN(c3nc(SC)ncc3C#N)C2)nc1. The molecule has 0 spiro atoms. The second-order valence-electron chi connectivity index (χ2n) is 5.09. The van der Waals surface area contributed by atoms with Crippen molar-refractivity contribution in [2.24, 2.45) is 0 Å². The van der Waals surface area contributed by atoms with Crippen LogP contribution in [0.2, 0.25) is 0 Å². The van der Waals surface area contributed by atoms with Gasteiger partial charge in [0.05, 0.1) is 32.2 Å². The standard InChI is InChI=1S/C15H16N6O2S/c1-22-12-7-17-14(18-8-12)23-11-3-4-21(9-11)13-10(5-16)6-19-15(20-13)24-2/h6-8,11H,3-4,9H2,1-2H3. The van der Waals surface area contributed by atoms with E-state index in [9.17, 15) is 5.26 Å². The fourth-order valence-electron chi connectivity index (χ4n) is 2.41. The Hall–Kier alpha value is -2.60. The normalized spacial score (nSPS) is 16.7. The number of methoxy groups -OCH3 is 1. The van der Waals surface area contributed by atoms with Gasteiger partial charge in [0.15, 0.2) is 16.7 Å². The van der Waals surface area contributed by atoms with Crippen molar-refractivity contribution in [2.45, 2.75) is 17.7 Å². The minimum Gasteiger partial charge on any atom is -0.494 e. The van der Waals surface area contributed by atoms with Crippen molar-refractivity contribution < 1.29 is 9.47 Å². The monoisotopic (exact) mass is 344 g/mol. The number of nitrogens with zero attached hydrogens (tertiary/aromatic N) is 6. The molecule has 0 radical (unpaired) electrons. The minimum atomic E-state index is -0.0577. The molecule has 0 aromatic carbocycles. The Labute approximate surface area is 143 Å². The quantitative estimate of drug-likeness (QED) is 0.590. The largest absolute Gasteiger partial charge is 0.494 e. The number of anilines is 1. The molecule has 8 nitrogen and oxygen atoms in total. The Kier molecular flexibility index (Phi) is 4.96. The molecule has 1 aliphatic heterocycles. The number of rotatable bonds is 5. The van der Waals surface area contributed by atoms with Crippen molar-refractivity contribution in [3.05, 3.63) is 24.2 Å². The molecule has 2 aromatic rings. The first-order chi connectivity index (χ1) is 11.7. The van der Waals surface area contributed by atoms with Gasteiger partial charge in [-0.15, -0.1) is 0 Å². The second kappa shape index (κ2) is 7.31. The Balaban J connectivity index is 1.70. The summed E-state index contributed by atoms with van der Waals surface area (Å²) in [6, 6.07) is 2.46. The van der Waals surface area contributed by atoms with Crippen LogP contribution in [-0.2, 0) is 0 Å². The van der Waals surface area contributed by atoms with Crippen LogP contribution < -0.4 is 14.4 Å². The molecule has 0 amide bonds. The van der Waals surface area contributed by atoms with Crippen molar-refractivity contribution in [1.29, 1.82) is 5.26 Å². The summed E-state index contributed by atoms with van der Waals surface area (Å²) in [5.74, 6) is 1.23. The first kappa shape index (κ1) is 16.3. The van der Waals surface area contributed by atoms with Gasteiger partial charge in [0.25, 0.3) is 0 Å². The van der Waals surface area contributed by atoms with Gasteiger partial charge in [0.2, 0.25) is 0 Å². The Morgan fingerprint density at radius 2 is 2.08 bits per heavy atom. The summed E-state index contributed by atoms with van der Waals surface area (Å²) >= 11 is 1.45. The molecule has 3 heterocycles. The van der Waals surface area contributed by atoms with Gasteiger partial charge >= 0.3 is 6.01 Å². The van der Waals surface area contributed by atoms with Crippen LogP contribution in [0.15, 0.2) is 23.7 Å². The number of hydrogen-bond donors (Lipinski definition) is 0. The van der Waals surface area contributed by atoms with E-state index in [1.165, 1.54) is 11.8 Å². The van der Waals surface area contributed by atoms with Gasteiger partial charge in [-0.3, -0.25) is 0 Å². The van der Waals surface area contributed by atoms with E-state index < -0.39 is 0 Å². The molecule has 0 bridgehead atoms. The maximum atomic E-state index is 9.27. The van der Waals surface area contributed by atoms with Gasteiger partial charge < -0.3 is 14.4 Å². The predicted octanol–water partition coefficient (Wildman–Crippen LogP) is 1.53. The first-order valence-electron chi connectivity index (χ1n) is 7.32. The number of hydrogen-bond acceptors (Lipinski definition) is 9.